The number of carboxylic acid groups (broad SMARTS) is 1. The Labute approximate surface area is 118 Å². The standard InChI is InChI=1S/C12H12F3NO4S/c13-9-6-7(3-4-8(9)11(17)18)21(19,20)16-10-2-1-5-12(10,14)15/h3-4,6,10,16H,1-2,5H2,(H,17,18). The Morgan fingerprint density at radius 1 is 1.38 bits per heavy atom. The van der Waals surface area contributed by atoms with Gasteiger partial charge in [-0.2, -0.15) is 0 Å². The van der Waals surface area contributed by atoms with E-state index in [9.17, 15) is 26.4 Å². The van der Waals surface area contributed by atoms with Crippen molar-refractivity contribution in [1.82, 2.24) is 4.72 Å². The van der Waals surface area contributed by atoms with E-state index in [0.29, 0.717) is 6.07 Å². The number of sulfonamides is 1. The molecule has 116 valence electrons. The summed E-state index contributed by atoms with van der Waals surface area (Å²) >= 11 is 0. The molecular formula is C12H12F3NO4S. The first-order chi connectivity index (χ1) is 9.63. The molecule has 0 aromatic heterocycles. The minimum Gasteiger partial charge on any atom is -0.478 e. The van der Waals surface area contributed by atoms with Gasteiger partial charge in [0.25, 0.3) is 5.92 Å². The molecule has 2 N–H and O–H groups in total. The van der Waals surface area contributed by atoms with Gasteiger partial charge in [-0.15, -0.1) is 0 Å². The smallest absolute Gasteiger partial charge is 0.338 e. The van der Waals surface area contributed by atoms with Crippen molar-refractivity contribution in [2.45, 2.75) is 36.1 Å². The van der Waals surface area contributed by atoms with Gasteiger partial charge in [-0.1, -0.05) is 0 Å². The van der Waals surface area contributed by atoms with Gasteiger partial charge in [0.1, 0.15) is 5.82 Å². The summed E-state index contributed by atoms with van der Waals surface area (Å²) in [4.78, 5) is 10.1. The Morgan fingerprint density at radius 2 is 2.05 bits per heavy atom. The van der Waals surface area contributed by atoms with Crippen LogP contribution in [0.1, 0.15) is 29.6 Å². The minimum atomic E-state index is -4.34. The van der Waals surface area contributed by atoms with Crippen molar-refractivity contribution in [3.05, 3.63) is 29.6 Å². The van der Waals surface area contributed by atoms with Crippen LogP contribution in [0.15, 0.2) is 23.1 Å². The van der Waals surface area contributed by atoms with Crippen LogP contribution >= 0.6 is 0 Å². The lowest BCUT2D eigenvalue weighted by molar-refractivity contribution is -0.0113. The van der Waals surface area contributed by atoms with Crippen LogP contribution in [-0.2, 0) is 10.0 Å². The van der Waals surface area contributed by atoms with Gasteiger partial charge in [0.15, 0.2) is 0 Å². The first kappa shape index (κ1) is 15.8. The average Bonchev–Trinajstić information content (AvgIpc) is 2.67. The van der Waals surface area contributed by atoms with E-state index in [1.54, 1.807) is 0 Å². The molecule has 2 rings (SSSR count). The summed E-state index contributed by atoms with van der Waals surface area (Å²) < 4.78 is 66.1. The maximum absolute atomic E-state index is 13.5. The van der Waals surface area contributed by atoms with Crippen LogP contribution in [0, 0.1) is 5.82 Å². The number of hydrogen-bond acceptors (Lipinski definition) is 3. The lowest BCUT2D eigenvalue weighted by Gasteiger charge is -2.20. The number of aromatic carboxylic acids is 1. The molecule has 0 saturated heterocycles. The molecule has 1 atom stereocenters. The summed E-state index contributed by atoms with van der Waals surface area (Å²) in [7, 11) is -4.34. The third kappa shape index (κ3) is 3.18. The van der Waals surface area contributed by atoms with Gasteiger partial charge >= 0.3 is 5.97 Å². The summed E-state index contributed by atoms with van der Waals surface area (Å²) in [6, 6.07) is 0.601. The highest BCUT2D eigenvalue weighted by Crippen LogP contribution is 2.35. The first-order valence-electron chi connectivity index (χ1n) is 6.06. The van der Waals surface area contributed by atoms with Gasteiger partial charge < -0.3 is 5.11 Å². The summed E-state index contributed by atoms with van der Waals surface area (Å²) in [6.45, 7) is 0. The largest absolute Gasteiger partial charge is 0.478 e. The van der Waals surface area contributed by atoms with E-state index in [2.05, 4.69) is 0 Å². The van der Waals surface area contributed by atoms with Crippen molar-refractivity contribution in [2.24, 2.45) is 0 Å². The summed E-state index contributed by atoms with van der Waals surface area (Å²) in [5, 5.41) is 8.65. The first-order valence-corrected chi connectivity index (χ1v) is 7.55. The van der Waals surface area contributed by atoms with E-state index in [1.165, 1.54) is 0 Å². The molecule has 1 fully saturated rings. The molecule has 0 amide bonds. The quantitative estimate of drug-likeness (QED) is 0.887. The molecule has 1 saturated carbocycles. The Bertz CT molecular complexity index is 675. The Morgan fingerprint density at radius 3 is 2.52 bits per heavy atom. The number of hydrogen-bond donors (Lipinski definition) is 2. The van der Waals surface area contributed by atoms with E-state index in [1.807, 2.05) is 4.72 Å². The fourth-order valence-corrected chi connectivity index (χ4v) is 3.47. The third-order valence-corrected chi connectivity index (χ3v) is 4.76. The lowest BCUT2D eigenvalue weighted by atomic mass is 10.2. The van der Waals surface area contributed by atoms with Crippen LogP contribution in [0.25, 0.3) is 0 Å². The summed E-state index contributed by atoms with van der Waals surface area (Å²) in [5.74, 6) is -5.94. The van der Waals surface area contributed by atoms with Crippen LogP contribution in [-0.4, -0.2) is 31.5 Å². The molecule has 1 aromatic rings. The maximum Gasteiger partial charge on any atom is 0.338 e. The molecule has 5 nitrogen and oxygen atoms in total. The highest BCUT2D eigenvalue weighted by molar-refractivity contribution is 7.89. The summed E-state index contributed by atoms with van der Waals surface area (Å²) in [6.07, 6.45) is -0.235. The normalized spacial score (nSPS) is 21.4. The van der Waals surface area contributed by atoms with E-state index in [-0.39, 0.29) is 12.8 Å². The number of alkyl halides is 2. The zero-order chi connectivity index (χ0) is 15.8. The van der Waals surface area contributed by atoms with Crippen molar-refractivity contribution >= 4 is 16.0 Å². The zero-order valence-electron chi connectivity index (χ0n) is 10.6. The fraction of sp³-hybridized carbons (Fsp3) is 0.417. The number of rotatable bonds is 4. The number of nitrogens with one attached hydrogen (secondary N) is 1. The highest BCUT2D eigenvalue weighted by atomic mass is 32.2. The molecule has 0 radical (unpaired) electrons. The molecule has 0 heterocycles. The van der Waals surface area contributed by atoms with Crippen LogP contribution in [0.3, 0.4) is 0 Å². The van der Waals surface area contributed by atoms with E-state index >= 15 is 0 Å². The van der Waals surface area contributed by atoms with Gasteiger partial charge in [-0.3, -0.25) is 0 Å². The molecule has 0 spiro atoms. The van der Waals surface area contributed by atoms with E-state index in [0.717, 1.165) is 12.1 Å². The molecule has 1 unspecified atom stereocenters. The van der Waals surface area contributed by atoms with Gasteiger partial charge in [0.05, 0.1) is 16.5 Å². The fourth-order valence-electron chi connectivity index (χ4n) is 2.16. The maximum atomic E-state index is 13.5. The predicted octanol–water partition coefficient (Wildman–Crippen LogP) is 1.99. The van der Waals surface area contributed by atoms with Crippen molar-refractivity contribution < 1.29 is 31.5 Å². The Kier molecular flexibility index (Phi) is 3.98. The molecule has 21 heavy (non-hydrogen) atoms. The van der Waals surface area contributed by atoms with Crippen molar-refractivity contribution in [2.75, 3.05) is 0 Å². The van der Waals surface area contributed by atoms with Crippen LogP contribution in [0.5, 0.6) is 0 Å². The van der Waals surface area contributed by atoms with Gasteiger partial charge in [0.2, 0.25) is 10.0 Å². The third-order valence-electron chi connectivity index (χ3n) is 3.29. The summed E-state index contributed by atoms with van der Waals surface area (Å²) in [5.41, 5.74) is -0.694. The second kappa shape index (κ2) is 5.30. The lowest BCUT2D eigenvalue weighted by Crippen LogP contribution is -2.43. The molecule has 1 aliphatic rings. The Balaban J connectivity index is 2.28. The molecule has 1 aliphatic carbocycles. The molecule has 0 aliphatic heterocycles. The minimum absolute atomic E-state index is 0.0120. The second-order valence-corrected chi connectivity index (χ2v) is 6.49. The SMILES string of the molecule is O=C(O)c1ccc(S(=O)(=O)NC2CCCC2(F)F)cc1F. The molecule has 0 bridgehead atoms. The number of benzene rings is 1. The van der Waals surface area contributed by atoms with Crippen LogP contribution in [0.2, 0.25) is 0 Å². The molecule has 9 heteroatoms. The monoisotopic (exact) mass is 323 g/mol. The average molecular weight is 323 g/mol. The van der Waals surface area contributed by atoms with Crippen molar-refractivity contribution in [3.8, 4) is 0 Å². The number of carboxylic acids is 1. The predicted molar refractivity (Wildman–Crippen MR) is 66.3 cm³/mol. The number of halogens is 3. The van der Waals surface area contributed by atoms with E-state index < -0.39 is 50.7 Å². The second-order valence-electron chi connectivity index (χ2n) is 4.77. The van der Waals surface area contributed by atoms with Crippen molar-refractivity contribution in [1.29, 1.82) is 0 Å². The topological polar surface area (TPSA) is 83.5 Å². The van der Waals surface area contributed by atoms with E-state index in [4.69, 9.17) is 5.11 Å². The zero-order valence-corrected chi connectivity index (χ0v) is 11.5. The van der Waals surface area contributed by atoms with Gasteiger partial charge in [-0.25, -0.2) is 31.1 Å². The molecule has 1 aromatic carbocycles. The van der Waals surface area contributed by atoms with Gasteiger partial charge in [-0.05, 0) is 31.0 Å². The Hall–Kier alpha value is -1.61. The van der Waals surface area contributed by atoms with Gasteiger partial charge in [0, 0.05) is 6.42 Å². The van der Waals surface area contributed by atoms with Crippen LogP contribution < -0.4 is 4.72 Å². The van der Waals surface area contributed by atoms with Crippen LogP contribution in [0.4, 0.5) is 13.2 Å². The molecular weight excluding hydrogens is 311 g/mol. The van der Waals surface area contributed by atoms with Crippen molar-refractivity contribution in [3.63, 3.8) is 0 Å². The highest BCUT2D eigenvalue weighted by Gasteiger charge is 2.45. The number of carbonyl (C=O) groups is 1.